The van der Waals surface area contributed by atoms with Gasteiger partial charge in [-0.25, -0.2) is 18.4 Å². The molecular weight excluding hydrogens is 368 g/mol. The minimum atomic E-state index is -3.49. The average molecular weight is 389 g/mol. The molecule has 0 radical (unpaired) electrons. The van der Waals surface area contributed by atoms with E-state index in [2.05, 4.69) is 9.97 Å². The van der Waals surface area contributed by atoms with Crippen molar-refractivity contribution in [2.75, 3.05) is 25.5 Å². The second-order valence-electron chi connectivity index (χ2n) is 6.68. The monoisotopic (exact) mass is 388 g/mol. The van der Waals surface area contributed by atoms with Crippen LogP contribution in [0.25, 0.3) is 10.2 Å². The maximum atomic E-state index is 13.0. The molecule has 0 fully saturated rings. The second kappa shape index (κ2) is 6.29. The van der Waals surface area contributed by atoms with E-state index >= 15 is 0 Å². The molecule has 0 atom stereocenters. The Kier molecular flexibility index (Phi) is 4.21. The zero-order valence-electron chi connectivity index (χ0n) is 14.9. The Hall–Kier alpha value is -2.03. The van der Waals surface area contributed by atoms with Crippen LogP contribution in [0, 0.1) is 6.92 Å². The molecule has 0 spiro atoms. The second-order valence-corrected chi connectivity index (χ2v) is 9.70. The number of benzene rings is 1. The van der Waals surface area contributed by atoms with Crippen molar-refractivity contribution in [2.45, 2.75) is 24.8 Å². The van der Waals surface area contributed by atoms with Gasteiger partial charge < -0.3 is 4.90 Å². The minimum Gasteiger partial charge on any atom is -0.362 e. The Morgan fingerprint density at radius 1 is 1.15 bits per heavy atom. The number of fused-ring (bicyclic) bond motifs is 3. The summed E-state index contributed by atoms with van der Waals surface area (Å²) in [6.45, 7) is 2.81. The Morgan fingerprint density at radius 2 is 1.88 bits per heavy atom. The number of hydrogen-bond acceptors (Lipinski definition) is 6. The molecule has 8 heteroatoms. The van der Waals surface area contributed by atoms with E-state index in [9.17, 15) is 8.42 Å². The van der Waals surface area contributed by atoms with E-state index in [4.69, 9.17) is 0 Å². The van der Waals surface area contributed by atoms with E-state index < -0.39 is 10.0 Å². The van der Waals surface area contributed by atoms with Crippen molar-refractivity contribution >= 4 is 37.4 Å². The largest absolute Gasteiger partial charge is 0.362 e. The Labute approximate surface area is 157 Å². The number of sulfonamides is 1. The molecule has 3 heterocycles. The summed E-state index contributed by atoms with van der Waals surface area (Å²) < 4.78 is 27.6. The summed E-state index contributed by atoms with van der Waals surface area (Å²) in [4.78, 5) is 13.1. The molecule has 0 amide bonds. The van der Waals surface area contributed by atoms with Crippen molar-refractivity contribution in [3.63, 3.8) is 0 Å². The summed E-state index contributed by atoms with van der Waals surface area (Å²) in [6, 6.07) is 7.03. The van der Waals surface area contributed by atoms with E-state index in [1.807, 2.05) is 38.1 Å². The number of rotatable bonds is 3. The molecule has 2 aromatic heterocycles. The summed E-state index contributed by atoms with van der Waals surface area (Å²) in [7, 11) is 0.430. The van der Waals surface area contributed by atoms with Crippen LogP contribution in [-0.4, -0.2) is 43.3 Å². The van der Waals surface area contributed by atoms with Gasteiger partial charge in [0.25, 0.3) is 0 Å². The van der Waals surface area contributed by atoms with Crippen molar-refractivity contribution < 1.29 is 8.42 Å². The summed E-state index contributed by atoms with van der Waals surface area (Å²) >= 11 is 1.56. The van der Waals surface area contributed by atoms with Gasteiger partial charge in [0.2, 0.25) is 10.0 Å². The third kappa shape index (κ3) is 2.78. The summed E-state index contributed by atoms with van der Waals surface area (Å²) in [5, 5.41) is 1.06. The van der Waals surface area contributed by atoms with Gasteiger partial charge in [-0.15, -0.1) is 11.3 Å². The fraction of sp³-hybridized carbons (Fsp3) is 0.333. The molecule has 4 rings (SSSR count). The van der Waals surface area contributed by atoms with Crippen molar-refractivity contribution in [1.29, 1.82) is 0 Å². The summed E-state index contributed by atoms with van der Waals surface area (Å²) in [6.07, 6.45) is 2.25. The van der Waals surface area contributed by atoms with Gasteiger partial charge in [-0.05, 0) is 31.0 Å². The van der Waals surface area contributed by atoms with Crippen LogP contribution < -0.4 is 4.90 Å². The molecule has 1 aliphatic heterocycles. The van der Waals surface area contributed by atoms with Gasteiger partial charge in [-0.3, -0.25) is 0 Å². The maximum absolute atomic E-state index is 13.0. The number of thiophene rings is 1. The van der Waals surface area contributed by atoms with Crippen LogP contribution in [0.15, 0.2) is 35.5 Å². The Morgan fingerprint density at radius 3 is 2.58 bits per heavy atom. The fourth-order valence-corrected chi connectivity index (χ4v) is 5.98. The van der Waals surface area contributed by atoms with Gasteiger partial charge >= 0.3 is 0 Å². The molecule has 26 heavy (non-hydrogen) atoms. The predicted octanol–water partition coefficient (Wildman–Crippen LogP) is 2.81. The van der Waals surface area contributed by atoms with Crippen molar-refractivity contribution in [2.24, 2.45) is 0 Å². The van der Waals surface area contributed by atoms with Crippen LogP contribution in [0.2, 0.25) is 0 Å². The first-order valence-electron chi connectivity index (χ1n) is 8.37. The molecule has 1 aliphatic rings. The van der Waals surface area contributed by atoms with Crippen molar-refractivity contribution in [3.8, 4) is 0 Å². The number of aromatic nitrogens is 2. The first kappa shape index (κ1) is 17.4. The van der Waals surface area contributed by atoms with Crippen molar-refractivity contribution in [3.05, 3.63) is 46.6 Å². The third-order valence-electron chi connectivity index (χ3n) is 4.66. The normalized spacial score (nSPS) is 15.2. The highest BCUT2D eigenvalue weighted by Gasteiger charge is 2.31. The summed E-state index contributed by atoms with van der Waals surface area (Å²) in [5.41, 5.74) is 2.23. The standard InChI is InChI=1S/C18H20N4O2S2/c1-12-4-6-13(7-5-12)26(23,24)22-9-8-14-15(10-22)25-18-16(14)17(21(2)3)19-11-20-18/h4-7,11H,8-10H2,1-3H3. The lowest BCUT2D eigenvalue weighted by molar-refractivity contribution is 0.396. The maximum Gasteiger partial charge on any atom is 0.243 e. The molecule has 6 nitrogen and oxygen atoms in total. The highest BCUT2D eigenvalue weighted by atomic mass is 32.2. The zero-order chi connectivity index (χ0) is 18.5. The predicted molar refractivity (Wildman–Crippen MR) is 104 cm³/mol. The SMILES string of the molecule is Cc1ccc(S(=O)(=O)N2CCc3c(sc4ncnc(N(C)C)c34)C2)cc1. The van der Waals surface area contributed by atoms with Crippen LogP contribution in [0.3, 0.4) is 0 Å². The first-order chi connectivity index (χ1) is 12.4. The van der Waals surface area contributed by atoms with Gasteiger partial charge in [-0.2, -0.15) is 4.31 Å². The molecular formula is C18H20N4O2S2. The number of aryl methyl sites for hydroxylation is 1. The Balaban J connectivity index is 1.73. The van der Waals surface area contributed by atoms with Crippen LogP contribution in [-0.2, 0) is 23.0 Å². The quantitative estimate of drug-likeness (QED) is 0.690. The van der Waals surface area contributed by atoms with E-state index in [0.717, 1.165) is 26.5 Å². The van der Waals surface area contributed by atoms with Crippen LogP contribution in [0.5, 0.6) is 0 Å². The van der Waals surface area contributed by atoms with Crippen molar-refractivity contribution in [1.82, 2.24) is 14.3 Å². The molecule has 136 valence electrons. The van der Waals surface area contributed by atoms with Gasteiger partial charge in [0.1, 0.15) is 17.0 Å². The fourth-order valence-electron chi connectivity index (χ4n) is 3.29. The smallest absolute Gasteiger partial charge is 0.243 e. The lowest BCUT2D eigenvalue weighted by Gasteiger charge is -2.26. The van der Waals surface area contributed by atoms with Crippen LogP contribution >= 0.6 is 11.3 Å². The van der Waals surface area contributed by atoms with E-state index in [0.29, 0.717) is 24.4 Å². The van der Waals surface area contributed by atoms with Crippen LogP contribution in [0.4, 0.5) is 5.82 Å². The lowest BCUT2D eigenvalue weighted by Crippen LogP contribution is -2.35. The molecule has 0 N–H and O–H groups in total. The minimum absolute atomic E-state index is 0.349. The number of nitrogens with zero attached hydrogens (tertiary/aromatic N) is 4. The highest BCUT2D eigenvalue weighted by molar-refractivity contribution is 7.89. The van der Waals surface area contributed by atoms with Gasteiger partial charge in [0.05, 0.1) is 10.3 Å². The lowest BCUT2D eigenvalue weighted by atomic mass is 10.1. The molecule has 1 aromatic carbocycles. The average Bonchev–Trinajstić information content (AvgIpc) is 2.99. The van der Waals surface area contributed by atoms with Gasteiger partial charge in [0, 0.05) is 32.1 Å². The topological polar surface area (TPSA) is 66.4 Å². The summed E-state index contributed by atoms with van der Waals surface area (Å²) in [5.74, 6) is 0.891. The first-order valence-corrected chi connectivity index (χ1v) is 10.6. The van der Waals surface area contributed by atoms with Gasteiger partial charge in [-0.1, -0.05) is 17.7 Å². The molecule has 0 saturated carbocycles. The number of hydrogen-bond donors (Lipinski definition) is 0. The molecule has 0 bridgehead atoms. The molecule has 3 aromatic rings. The molecule has 0 unspecified atom stereocenters. The number of anilines is 1. The van der Waals surface area contributed by atoms with Crippen LogP contribution in [0.1, 0.15) is 16.0 Å². The Bertz CT molecular complexity index is 1070. The van der Waals surface area contributed by atoms with Gasteiger partial charge in [0.15, 0.2) is 0 Å². The molecule has 0 saturated heterocycles. The van der Waals surface area contributed by atoms with E-state index in [1.165, 1.54) is 5.56 Å². The highest BCUT2D eigenvalue weighted by Crippen LogP contribution is 2.39. The van der Waals surface area contributed by atoms with E-state index in [-0.39, 0.29) is 0 Å². The van der Waals surface area contributed by atoms with E-state index in [1.54, 1.807) is 34.1 Å². The molecule has 0 aliphatic carbocycles. The zero-order valence-corrected chi connectivity index (χ0v) is 16.6. The third-order valence-corrected chi connectivity index (χ3v) is 7.65.